The second-order valence-electron chi connectivity index (χ2n) is 8.57. The molecule has 0 saturated carbocycles. The molecule has 0 atom stereocenters. The third-order valence-electron chi connectivity index (χ3n) is 5.03. The first-order chi connectivity index (χ1) is 13.7. The van der Waals surface area contributed by atoms with E-state index in [2.05, 4.69) is 25.5 Å². The maximum Gasteiger partial charge on any atom is 0.262 e. The van der Waals surface area contributed by atoms with Gasteiger partial charge in [-0.15, -0.1) is 0 Å². The normalized spacial score (nSPS) is 16.7. The van der Waals surface area contributed by atoms with Crippen LogP contribution in [0.4, 0.5) is 11.4 Å². The van der Waals surface area contributed by atoms with Crippen molar-refractivity contribution in [2.24, 2.45) is 0 Å². The first kappa shape index (κ1) is 22.3. The fourth-order valence-electron chi connectivity index (χ4n) is 3.58. The van der Waals surface area contributed by atoms with Gasteiger partial charge in [-0.3, -0.25) is 9.52 Å². The summed E-state index contributed by atoms with van der Waals surface area (Å²) in [7, 11) is -7.63. The summed E-state index contributed by atoms with van der Waals surface area (Å²) in [4.78, 5) is 12.1. The molecular formula is C21H26N2O5S2. The zero-order chi connectivity index (χ0) is 22.5. The number of hydrogen-bond donors (Lipinski definition) is 1. The number of carbonyl (C=O) groups excluding carboxylic acids is 1. The lowest BCUT2D eigenvalue weighted by Crippen LogP contribution is -2.29. The monoisotopic (exact) mass is 450 g/mol. The summed E-state index contributed by atoms with van der Waals surface area (Å²) >= 11 is 0. The van der Waals surface area contributed by atoms with Crippen LogP contribution < -0.4 is 9.03 Å². The van der Waals surface area contributed by atoms with Gasteiger partial charge in [0.25, 0.3) is 10.0 Å². The predicted octanol–water partition coefficient (Wildman–Crippen LogP) is 3.47. The maximum absolute atomic E-state index is 13.0. The number of hydrogen-bond acceptors (Lipinski definition) is 5. The highest BCUT2D eigenvalue weighted by Crippen LogP contribution is 2.32. The zero-order valence-corrected chi connectivity index (χ0v) is 19.3. The van der Waals surface area contributed by atoms with Crippen molar-refractivity contribution in [1.82, 2.24) is 0 Å². The van der Waals surface area contributed by atoms with Gasteiger partial charge in [0, 0.05) is 12.1 Å². The van der Waals surface area contributed by atoms with Crippen LogP contribution in [-0.2, 0) is 30.3 Å². The second kappa shape index (κ2) is 7.39. The van der Waals surface area contributed by atoms with Gasteiger partial charge in [0.15, 0.2) is 0 Å². The minimum Gasteiger partial charge on any atom is -0.280 e. The van der Waals surface area contributed by atoms with Crippen molar-refractivity contribution in [1.29, 1.82) is 0 Å². The summed E-state index contributed by atoms with van der Waals surface area (Å²) in [6.07, 6.45) is -0.0768. The van der Waals surface area contributed by atoms with E-state index < -0.39 is 26.0 Å². The lowest BCUT2D eigenvalue weighted by molar-refractivity contribution is -0.116. The van der Waals surface area contributed by atoms with Crippen molar-refractivity contribution in [3.8, 4) is 0 Å². The van der Waals surface area contributed by atoms with Crippen LogP contribution in [0, 0.1) is 13.8 Å². The highest BCUT2D eigenvalue weighted by molar-refractivity contribution is 7.94. The average molecular weight is 451 g/mol. The molecule has 3 rings (SSSR count). The Morgan fingerprint density at radius 3 is 1.97 bits per heavy atom. The average Bonchev–Trinajstić information content (AvgIpc) is 2.86. The van der Waals surface area contributed by atoms with Crippen LogP contribution in [0.25, 0.3) is 0 Å². The fourth-order valence-corrected chi connectivity index (χ4v) is 6.54. The summed E-state index contributed by atoms with van der Waals surface area (Å²) < 4.78 is 53.8. The molecule has 0 aliphatic carbocycles. The molecule has 2 aromatic rings. The number of amides is 1. The molecule has 1 amide bonds. The van der Waals surface area contributed by atoms with E-state index in [1.807, 2.05) is 12.1 Å². The van der Waals surface area contributed by atoms with E-state index in [1.54, 1.807) is 26.0 Å². The van der Waals surface area contributed by atoms with Gasteiger partial charge in [0.1, 0.15) is 0 Å². The molecule has 1 aliphatic rings. The van der Waals surface area contributed by atoms with E-state index in [1.165, 1.54) is 12.1 Å². The lowest BCUT2D eigenvalue weighted by atomic mass is 9.87. The highest BCUT2D eigenvalue weighted by Gasteiger charge is 2.37. The van der Waals surface area contributed by atoms with Gasteiger partial charge >= 0.3 is 0 Å². The molecule has 0 radical (unpaired) electrons. The summed E-state index contributed by atoms with van der Waals surface area (Å²) in [5.74, 6) is -0.753. The number of nitrogens with one attached hydrogen (secondary N) is 1. The molecule has 162 valence electrons. The van der Waals surface area contributed by atoms with Crippen molar-refractivity contribution in [3.63, 3.8) is 0 Å². The number of nitrogens with zero attached hydrogens (tertiary/aromatic N) is 1. The topological polar surface area (TPSA) is 101 Å². The molecule has 30 heavy (non-hydrogen) atoms. The molecule has 0 bridgehead atoms. The van der Waals surface area contributed by atoms with E-state index in [4.69, 9.17) is 0 Å². The highest BCUT2D eigenvalue weighted by atomic mass is 32.2. The van der Waals surface area contributed by atoms with Crippen LogP contribution >= 0.6 is 0 Å². The number of rotatable bonds is 4. The third-order valence-corrected chi connectivity index (χ3v) is 8.41. The van der Waals surface area contributed by atoms with E-state index in [0.29, 0.717) is 16.8 Å². The first-order valence-electron chi connectivity index (χ1n) is 9.53. The molecule has 1 saturated heterocycles. The predicted molar refractivity (Wildman–Crippen MR) is 118 cm³/mol. The first-order valence-corrected chi connectivity index (χ1v) is 12.6. The van der Waals surface area contributed by atoms with Crippen LogP contribution in [0.15, 0.2) is 41.3 Å². The Balaban J connectivity index is 1.96. The molecule has 9 heteroatoms. The Morgan fingerprint density at radius 2 is 1.53 bits per heavy atom. The molecule has 1 heterocycles. The van der Waals surface area contributed by atoms with Crippen molar-refractivity contribution in [2.45, 2.75) is 51.3 Å². The third kappa shape index (κ3) is 4.22. The summed E-state index contributed by atoms with van der Waals surface area (Å²) in [6.45, 7) is 9.39. The van der Waals surface area contributed by atoms with Crippen molar-refractivity contribution in [2.75, 3.05) is 14.8 Å². The van der Waals surface area contributed by atoms with Gasteiger partial charge in [-0.1, -0.05) is 32.9 Å². The van der Waals surface area contributed by atoms with E-state index >= 15 is 0 Å². The summed E-state index contributed by atoms with van der Waals surface area (Å²) in [6, 6.07) is 10.0. The standard InChI is InChI=1S/C21H26N2O5S2/c1-14-12-18(23-19(24)10-11-29(23,25)26)13-15(2)20(14)30(27,28)22-17-8-6-16(7-9-17)21(3,4)5/h6-9,12-13,22H,10-11H2,1-5H3. The Labute approximate surface area is 178 Å². The Hall–Kier alpha value is -2.39. The number of aryl methyl sites for hydroxylation is 2. The van der Waals surface area contributed by atoms with Crippen molar-refractivity contribution < 1.29 is 21.6 Å². The molecule has 0 spiro atoms. The number of sulfonamides is 2. The quantitative estimate of drug-likeness (QED) is 0.769. The maximum atomic E-state index is 13.0. The fraction of sp³-hybridized carbons (Fsp3) is 0.381. The minimum absolute atomic E-state index is 0.0479. The van der Waals surface area contributed by atoms with Crippen molar-refractivity contribution >= 4 is 37.3 Å². The second-order valence-corrected chi connectivity index (χ2v) is 12.1. The van der Waals surface area contributed by atoms with Crippen LogP contribution in [0.2, 0.25) is 0 Å². The zero-order valence-electron chi connectivity index (χ0n) is 17.7. The molecule has 1 N–H and O–H groups in total. The number of carbonyl (C=O) groups is 1. The van der Waals surface area contributed by atoms with Gasteiger partial charge in [-0.05, 0) is 60.2 Å². The Kier molecular flexibility index (Phi) is 5.49. The van der Waals surface area contributed by atoms with Crippen LogP contribution in [0.5, 0.6) is 0 Å². The minimum atomic E-state index is -3.91. The van der Waals surface area contributed by atoms with Gasteiger partial charge in [-0.2, -0.15) is 0 Å². The number of anilines is 2. The molecule has 1 fully saturated rings. The van der Waals surface area contributed by atoms with E-state index in [9.17, 15) is 21.6 Å². The Bertz CT molecular complexity index is 1190. The van der Waals surface area contributed by atoms with E-state index in [-0.39, 0.29) is 28.2 Å². The van der Waals surface area contributed by atoms with Crippen LogP contribution in [0.1, 0.15) is 43.9 Å². The van der Waals surface area contributed by atoms with Gasteiger partial charge < -0.3 is 0 Å². The van der Waals surface area contributed by atoms with E-state index in [0.717, 1.165) is 9.87 Å². The summed E-state index contributed by atoms with van der Waals surface area (Å²) in [5.41, 5.74) is 2.36. The molecular weight excluding hydrogens is 424 g/mol. The van der Waals surface area contributed by atoms with Gasteiger partial charge in [0.05, 0.1) is 16.3 Å². The molecule has 1 aliphatic heterocycles. The van der Waals surface area contributed by atoms with Crippen LogP contribution in [0.3, 0.4) is 0 Å². The number of benzene rings is 2. The van der Waals surface area contributed by atoms with Gasteiger partial charge in [-0.25, -0.2) is 21.1 Å². The summed E-state index contributed by atoms with van der Waals surface area (Å²) in [5, 5.41) is 0. The smallest absolute Gasteiger partial charge is 0.262 e. The SMILES string of the molecule is Cc1cc(N2C(=O)CCS2(=O)=O)cc(C)c1S(=O)(=O)Nc1ccc(C(C)(C)C)cc1. The lowest BCUT2D eigenvalue weighted by Gasteiger charge is -2.20. The van der Waals surface area contributed by atoms with Crippen molar-refractivity contribution in [3.05, 3.63) is 53.1 Å². The largest absolute Gasteiger partial charge is 0.280 e. The molecule has 2 aromatic carbocycles. The molecule has 7 nitrogen and oxygen atoms in total. The molecule has 0 aromatic heterocycles. The Morgan fingerprint density at radius 1 is 1.00 bits per heavy atom. The molecule has 0 unspecified atom stereocenters. The van der Waals surface area contributed by atoms with Crippen LogP contribution in [-0.4, -0.2) is 28.5 Å². The van der Waals surface area contributed by atoms with Gasteiger partial charge in [0.2, 0.25) is 15.9 Å².